The number of carboxylic acids is 1. The van der Waals surface area contributed by atoms with E-state index in [2.05, 4.69) is 30.5 Å². The van der Waals surface area contributed by atoms with E-state index in [4.69, 9.17) is 24.8 Å². The minimum Gasteiger partial charge on any atom is -0.480 e. The minimum atomic E-state index is -4.71. The third-order valence-electron chi connectivity index (χ3n) is 8.76. The van der Waals surface area contributed by atoms with Crippen LogP contribution in [0.5, 0.6) is 0 Å². The van der Waals surface area contributed by atoms with E-state index < -0.39 is 51.1 Å². The van der Waals surface area contributed by atoms with Gasteiger partial charge < -0.3 is 25.2 Å². The second-order valence-electron chi connectivity index (χ2n) is 13.8. The summed E-state index contributed by atoms with van der Waals surface area (Å²) in [7, 11) is -4.71. The van der Waals surface area contributed by atoms with Gasteiger partial charge >= 0.3 is 25.7 Å². The number of carbonyl (C=O) groups excluding carboxylic acids is 2. The van der Waals surface area contributed by atoms with E-state index in [1.165, 1.54) is 89.9 Å². The summed E-state index contributed by atoms with van der Waals surface area (Å²) in [5.41, 5.74) is 5.32. The molecule has 0 saturated heterocycles. The van der Waals surface area contributed by atoms with Crippen molar-refractivity contribution in [2.45, 2.75) is 199 Å². The highest BCUT2D eigenvalue weighted by atomic mass is 31.2. The van der Waals surface area contributed by atoms with Crippen LogP contribution in [0.15, 0.2) is 12.2 Å². The lowest BCUT2D eigenvalue weighted by molar-refractivity contribution is -0.161. The number of phosphoric acid groups is 1. The maximum atomic E-state index is 12.6. The van der Waals surface area contributed by atoms with E-state index in [0.717, 1.165) is 57.8 Å². The highest BCUT2D eigenvalue weighted by molar-refractivity contribution is 7.47. The van der Waals surface area contributed by atoms with Crippen molar-refractivity contribution < 1.29 is 47.5 Å². The molecule has 4 N–H and O–H groups in total. The van der Waals surface area contributed by atoms with Crippen molar-refractivity contribution in [3.8, 4) is 0 Å². The zero-order valence-electron chi connectivity index (χ0n) is 32.2. The molecular weight excluding hydrogens is 673 g/mol. The molecule has 11 nitrogen and oxygen atoms in total. The van der Waals surface area contributed by atoms with Crippen LogP contribution in [0.1, 0.15) is 187 Å². The van der Waals surface area contributed by atoms with Crippen molar-refractivity contribution in [3.05, 3.63) is 12.2 Å². The van der Waals surface area contributed by atoms with Gasteiger partial charge in [-0.3, -0.25) is 23.4 Å². The van der Waals surface area contributed by atoms with Gasteiger partial charge in [-0.1, -0.05) is 148 Å². The van der Waals surface area contributed by atoms with E-state index in [-0.39, 0.29) is 19.4 Å². The molecule has 0 aliphatic heterocycles. The number of esters is 2. The Hall–Kier alpha value is -1.78. The lowest BCUT2D eigenvalue weighted by atomic mass is 10.0. The van der Waals surface area contributed by atoms with Gasteiger partial charge in [-0.15, -0.1) is 0 Å². The topological polar surface area (TPSA) is 172 Å². The molecular formula is C39H74NO10P. The van der Waals surface area contributed by atoms with Crippen molar-refractivity contribution in [1.29, 1.82) is 0 Å². The van der Waals surface area contributed by atoms with Crippen LogP contribution in [-0.4, -0.2) is 59.9 Å². The Morgan fingerprint density at radius 1 is 0.588 bits per heavy atom. The van der Waals surface area contributed by atoms with Gasteiger partial charge in [0, 0.05) is 12.8 Å². The highest BCUT2D eigenvalue weighted by Crippen LogP contribution is 2.43. The van der Waals surface area contributed by atoms with Crippen molar-refractivity contribution >= 4 is 25.7 Å². The summed E-state index contributed by atoms with van der Waals surface area (Å²) in [5, 5.41) is 8.86. The van der Waals surface area contributed by atoms with Crippen LogP contribution >= 0.6 is 7.82 Å². The smallest absolute Gasteiger partial charge is 0.472 e. The largest absolute Gasteiger partial charge is 0.480 e. The van der Waals surface area contributed by atoms with Gasteiger partial charge in [-0.2, -0.15) is 0 Å². The number of nitrogens with two attached hydrogens (primary N) is 1. The molecule has 1 unspecified atom stereocenters. The third kappa shape index (κ3) is 35.0. The molecule has 0 aromatic carbocycles. The van der Waals surface area contributed by atoms with E-state index in [1.54, 1.807) is 0 Å². The Morgan fingerprint density at radius 3 is 1.43 bits per heavy atom. The average Bonchev–Trinajstić information content (AvgIpc) is 3.10. The predicted octanol–water partition coefficient (Wildman–Crippen LogP) is 10.1. The number of ether oxygens (including phenoxy) is 2. The quantitative estimate of drug-likeness (QED) is 0.0237. The molecule has 0 heterocycles. The second kappa shape index (κ2) is 35.3. The van der Waals surface area contributed by atoms with Crippen LogP contribution in [0.3, 0.4) is 0 Å². The van der Waals surface area contributed by atoms with Crippen LogP contribution in [0.2, 0.25) is 0 Å². The summed E-state index contributed by atoms with van der Waals surface area (Å²) in [5.74, 6) is -2.38. The zero-order valence-corrected chi connectivity index (χ0v) is 33.1. The summed E-state index contributed by atoms with van der Waals surface area (Å²) in [6, 6.07) is -1.52. The number of hydrogen-bond acceptors (Lipinski definition) is 9. The number of aliphatic carboxylic acids is 1. The third-order valence-corrected chi connectivity index (χ3v) is 9.71. The Bertz CT molecular complexity index is 932. The van der Waals surface area contributed by atoms with E-state index in [0.29, 0.717) is 12.8 Å². The van der Waals surface area contributed by atoms with Crippen molar-refractivity contribution in [2.24, 2.45) is 5.73 Å². The molecule has 0 spiro atoms. The fourth-order valence-electron chi connectivity index (χ4n) is 5.53. The molecule has 12 heteroatoms. The van der Waals surface area contributed by atoms with Crippen LogP contribution < -0.4 is 5.73 Å². The summed E-state index contributed by atoms with van der Waals surface area (Å²) in [4.78, 5) is 45.8. The first-order valence-electron chi connectivity index (χ1n) is 20.2. The van der Waals surface area contributed by atoms with Gasteiger partial charge in [0.25, 0.3) is 0 Å². The summed E-state index contributed by atoms with van der Waals surface area (Å²) >= 11 is 0. The molecule has 0 rings (SSSR count). The molecule has 0 aliphatic carbocycles. The van der Waals surface area contributed by atoms with Gasteiger partial charge in [-0.25, -0.2) is 4.57 Å². The maximum absolute atomic E-state index is 12.6. The molecule has 0 amide bonds. The molecule has 0 saturated carbocycles. The lowest BCUT2D eigenvalue weighted by Crippen LogP contribution is -2.34. The average molecular weight is 748 g/mol. The summed E-state index contributed by atoms with van der Waals surface area (Å²) < 4.78 is 32.6. The van der Waals surface area contributed by atoms with Crippen LogP contribution in [0, 0.1) is 0 Å². The minimum absolute atomic E-state index is 0.164. The Balaban J connectivity index is 4.39. The molecule has 51 heavy (non-hydrogen) atoms. The molecule has 0 radical (unpaired) electrons. The van der Waals surface area contributed by atoms with Crippen LogP contribution in [0.25, 0.3) is 0 Å². The van der Waals surface area contributed by atoms with E-state index in [9.17, 15) is 23.8 Å². The normalized spacial score (nSPS) is 14.0. The van der Waals surface area contributed by atoms with Crippen molar-refractivity contribution in [1.82, 2.24) is 0 Å². The number of carboxylic acid groups (broad SMARTS) is 1. The van der Waals surface area contributed by atoms with Gasteiger partial charge in [0.15, 0.2) is 6.10 Å². The number of hydrogen-bond donors (Lipinski definition) is 3. The van der Waals surface area contributed by atoms with Crippen LogP contribution in [0.4, 0.5) is 0 Å². The number of phosphoric ester groups is 1. The molecule has 0 fully saturated rings. The molecule has 0 aliphatic rings. The maximum Gasteiger partial charge on any atom is 0.472 e. The standard InChI is InChI=1S/C39H74NO10P/c1-3-5-7-9-11-13-15-17-18-19-21-22-24-26-28-30-37(41)47-32-35(33-48-51(45,46)49-34-36(40)39(43)44)50-38(42)31-29-27-25-23-20-16-14-12-10-8-6-4-2/h17-18,35-36H,3-16,19-34,40H2,1-2H3,(H,43,44)(H,45,46)/b18-17-/t35-,36+/m1/s1. The van der Waals surface area contributed by atoms with Crippen molar-refractivity contribution in [3.63, 3.8) is 0 Å². The van der Waals surface area contributed by atoms with Gasteiger partial charge in [0.1, 0.15) is 12.6 Å². The second-order valence-corrected chi connectivity index (χ2v) is 15.2. The molecule has 0 aromatic heterocycles. The highest BCUT2D eigenvalue weighted by Gasteiger charge is 2.28. The lowest BCUT2D eigenvalue weighted by Gasteiger charge is -2.20. The Kier molecular flexibility index (Phi) is 34.0. The fraction of sp³-hybridized carbons (Fsp3) is 0.872. The first-order valence-corrected chi connectivity index (χ1v) is 21.7. The van der Waals surface area contributed by atoms with Crippen molar-refractivity contribution in [2.75, 3.05) is 19.8 Å². The van der Waals surface area contributed by atoms with E-state index >= 15 is 0 Å². The monoisotopic (exact) mass is 748 g/mol. The molecule has 0 aromatic rings. The number of carbonyl (C=O) groups is 3. The Labute approximate surface area is 309 Å². The number of rotatable bonds is 38. The first-order chi connectivity index (χ1) is 24.6. The predicted molar refractivity (Wildman–Crippen MR) is 203 cm³/mol. The SMILES string of the molecule is CCCCCCCC/C=C\CCCCCCCC(=O)OC[C@H](COP(=O)(O)OC[C@H](N)C(=O)O)OC(=O)CCCCCCCCCCCCCC. The number of allylic oxidation sites excluding steroid dienone is 2. The zero-order chi connectivity index (χ0) is 37.8. The van der Waals surface area contributed by atoms with E-state index in [1.807, 2.05) is 0 Å². The fourth-order valence-corrected chi connectivity index (χ4v) is 6.31. The summed E-state index contributed by atoms with van der Waals surface area (Å²) in [6.45, 7) is 2.78. The molecule has 0 bridgehead atoms. The van der Waals surface area contributed by atoms with Gasteiger partial charge in [-0.05, 0) is 38.5 Å². The van der Waals surface area contributed by atoms with Crippen LogP contribution in [-0.2, 0) is 37.5 Å². The number of unbranched alkanes of at least 4 members (excludes halogenated alkanes) is 22. The molecule has 3 atom stereocenters. The van der Waals surface area contributed by atoms with Gasteiger partial charge in [0.05, 0.1) is 13.2 Å². The Morgan fingerprint density at radius 2 is 0.980 bits per heavy atom. The van der Waals surface area contributed by atoms with Gasteiger partial charge in [0.2, 0.25) is 0 Å². The first kappa shape index (κ1) is 49.2. The summed E-state index contributed by atoms with van der Waals surface area (Å²) in [6.07, 6.45) is 32.8. The molecule has 300 valence electrons.